The van der Waals surface area contributed by atoms with Crippen molar-refractivity contribution in [2.45, 2.75) is 0 Å². The number of methoxy groups -OCH3 is 3. The van der Waals surface area contributed by atoms with Gasteiger partial charge in [0.2, 0.25) is 11.5 Å². The highest BCUT2D eigenvalue weighted by molar-refractivity contribution is 6.33. The second-order valence-electron chi connectivity index (χ2n) is 2.90. The van der Waals surface area contributed by atoms with E-state index < -0.39 is 5.78 Å². The molecule has 5 nitrogen and oxygen atoms in total. The van der Waals surface area contributed by atoms with E-state index in [0.717, 1.165) is 0 Å². The Hall–Kier alpha value is -2.04. The van der Waals surface area contributed by atoms with E-state index in [-0.39, 0.29) is 11.8 Å². The van der Waals surface area contributed by atoms with E-state index >= 15 is 0 Å². The largest absolute Gasteiger partial charge is 0.493 e. The summed E-state index contributed by atoms with van der Waals surface area (Å²) in [5.74, 6) is 0.422. The minimum absolute atomic E-state index is 0.199. The zero-order chi connectivity index (χ0) is 12.1. The van der Waals surface area contributed by atoms with Crippen molar-refractivity contribution in [2.75, 3.05) is 21.3 Å². The molecule has 1 rings (SSSR count). The molecular formula is C11H12O5. The summed E-state index contributed by atoms with van der Waals surface area (Å²) in [6.07, 6.45) is 0.237. The first kappa shape index (κ1) is 12.0. The summed E-state index contributed by atoms with van der Waals surface area (Å²) >= 11 is 0. The lowest BCUT2D eigenvalue weighted by atomic mass is 10.1. The number of rotatable bonds is 5. The van der Waals surface area contributed by atoms with Crippen molar-refractivity contribution < 1.29 is 23.8 Å². The van der Waals surface area contributed by atoms with Crippen LogP contribution in [0.15, 0.2) is 12.1 Å². The molecular weight excluding hydrogens is 212 g/mol. The molecule has 1 aromatic rings. The summed E-state index contributed by atoms with van der Waals surface area (Å²) in [7, 11) is 4.33. The number of ether oxygens (including phenoxy) is 3. The maximum Gasteiger partial charge on any atom is 0.225 e. The molecule has 0 aliphatic rings. The molecule has 16 heavy (non-hydrogen) atoms. The van der Waals surface area contributed by atoms with Crippen molar-refractivity contribution >= 4 is 12.1 Å². The van der Waals surface area contributed by atoms with Crippen molar-refractivity contribution in [2.24, 2.45) is 0 Å². The van der Waals surface area contributed by atoms with Crippen molar-refractivity contribution in [1.82, 2.24) is 0 Å². The highest BCUT2D eigenvalue weighted by Crippen LogP contribution is 2.38. The molecule has 0 saturated heterocycles. The van der Waals surface area contributed by atoms with E-state index in [2.05, 4.69) is 0 Å². The Bertz CT molecular complexity index is 386. The summed E-state index contributed by atoms with van der Waals surface area (Å²) in [6.45, 7) is 0. The van der Waals surface area contributed by atoms with Gasteiger partial charge in [0, 0.05) is 5.56 Å². The summed E-state index contributed by atoms with van der Waals surface area (Å²) < 4.78 is 15.2. The maximum absolute atomic E-state index is 11.2. The van der Waals surface area contributed by atoms with Gasteiger partial charge in [0.25, 0.3) is 0 Å². The Morgan fingerprint density at radius 1 is 1.06 bits per heavy atom. The molecule has 86 valence electrons. The number of hydrogen-bond donors (Lipinski definition) is 0. The standard InChI is InChI=1S/C11H12O5/c1-14-9-4-7(8(13)6-12)5-10(15-2)11(9)16-3/h4-6H,1-3H3. The number of benzene rings is 1. The summed E-state index contributed by atoms with van der Waals surface area (Å²) in [6, 6.07) is 2.86. The second-order valence-corrected chi connectivity index (χ2v) is 2.90. The third kappa shape index (κ3) is 2.13. The first-order chi connectivity index (χ1) is 7.67. The SMILES string of the molecule is COc1cc(C(=O)C=O)cc(OC)c1OC. The van der Waals surface area contributed by atoms with Crippen LogP contribution in [-0.4, -0.2) is 33.4 Å². The summed E-state index contributed by atoms with van der Waals surface area (Å²) in [5, 5.41) is 0. The number of carbonyl (C=O) groups is 2. The highest BCUT2D eigenvalue weighted by atomic mass is 16.5. The van der Waals surface area contributed by atoms with E-state index in [0.29, 0.717) is 17.2 Å². The van der Waals surface area contributed by atoms with Crippen LogP contribution in [0.2, 0.25) is 0 Å². The fraction of sp³-hybridized carbons (Fsp3) is 0.273. The monoisotopic (exact) mass is 224 g/mol. The lowest BCUT2D eigenvalue weighted by Crippen LogP contribution is -2.03. The van der Waals surface area contributed by atoms with Crippen LogP contribution in [0.3, 0.4) is 0 Å². The molecule has 0 saturated carbocycles. The average Bonchev–Trinajstić information content (AvgIpc) is 2.35. The van der Waals surface area contributed by atoms with E-state index in [1.165, 1.54) is 33.5 Å². The van der Waals surface area contributed by atoms with Crippen molar-refractivity contribution in [3.05, 3.63) is 17.7 Å². The zero-order valence-electron chi connectivity index (χ0n) is 9.27. The van der Waals surface area contributed by atoms with Gasteiger partial charge in [0.15, 0.2) is 17.8 Å². The van der Waals surface area contributed by atoms with Crippen LogP contribution >= 0.6 is 0 Å². The summed E-state index contributed by atoms with van der Waals surface area (Å²) in [4.78, 5) is 21.6. The Labute approximate surface area is 92.9 Å². The molecule has 0 heterocycles. The highest BCUT2D eigenvalue weighted by Gasteiger charge is 2.16. The van der Waals surface area contributed by atoms with Crippen LogP contribution in [0.5, 0.6) is 17.2 Å². The predicted molar refractivity (Wildman–Crippen MR) is 56.5 cm³/mol. The maximum atomic E-state index is 11.2. The van der Waals surface area contributed by atoms with Crippen LogP contribution in [0.4, 0.5) is 0 Å². The first-order valence-corrected chi connectivity index (χ1v) is 4.47. The number of hydrogen-bond acceptors (Lipinski definition) is 5. The molecule has 0 amide bonds. The van der Waals surface area contributed by atoms with Crippen molar-refractivity contribution in [3.63, 3.8) is 0 Å². The first-order valence-electron chi connectivity index (χ1n) is 4.47. The van der Waals surface area contributed by atoms with Crippen LogP contribution in [0, 0.1) is 0 Å². The lowest BCUT2D eigenvalue weighted by Gasteiger charge is -2.12. The van der Waals surface area contributed by atoms with Crippen molar-refractivity contribution in [3.8, 4) is 17.2 Å². The normalized spacial score (nSPS) is 9.44. The van der Waals surface area contributed by atoms with Crippen LogP contribution < -0.4 is 14.2 Å². The lowest BCUT2D eigenvalue weighted by molar-refractivity contribution is -0.104. The average molecular weight is 224 g/mol. The molecule has 0 spiro atoms. The van der Waals surface area contributed by atoms with Gasteiger partial charge < -0.3 is 14.2 Å². The van der Waals surface area contributed by atoms with Gasteiger partial charge in [0.05, 0.1) is 21.3 Å². The zero-order valence-corrected chi connectivity index (χ0v) is 9.27. The Morgan fingerprint density at radius 2 is 1.56 bits per heavy atom. The van der Waals surface area contributed by atoms with Crippen LogP contribution in [0.25, 0.3) is 0 Å². The van der Waals surface area contributed by atoms with Gasteiger partial charge in [-0.3, -0.25) is 9.59 Å². The van der Waals surface area contributed by atoms with Gasteiger partial charge in [-0.05, 0) is 12.1 Å². The topological polar surface area (TPSA) is 61.8 Å². The van der Waals surface area contributed by atoms with Gasteiger partial charge in [-0.15, -0.1) is 0 Å². The minimum atomic E-state index is -0.640. The minimum Gasteiger partial charge on any atom is -0.493 e. The molecule has 5 heteroatoms. The number of carbonyl (C=O) groups excluding carboxylic acids is 2. The molecule has 0 bridgehead atoms. The van der Waals surface area contributed by atoms with Gasteiger partial charge in [0.1, 0.15) is 0 Å². The van der Waals surface area contributed by atoms with E-state index in [1.807, 2.05) is 0 Å². The Balaban J connectivity index is 3.36. The molecule has 0 aromatic heterocycles. The van der Waals surface area contributed by atoms with E-state index in [4.69, 9.17) is 14.2 Å². The molecule has 1 aromatic carbocycles. The quantitative estimate of drug-likeness (QED) is 0.425. The second kappa shape index (κ2) is 5.16. The third-order valence-corrected chi connectivity index (χ3v) is 2.06. The molecule has 0 unspecified atom stereocenters. The van der Waals surface area contributed by atoms with Gasteiger partial charge in [-0.2, -0.15) is 0 Å². The smallest absolute Gasteiger partial charge is 0.225 e. The third-order valence-electron chi connectivity index (χ3n) is 2.06. The van der Waals surface area contributed by atoms with Crippen LogP contribution in [-0.2, 0) is 4.79 Å². The molecule has 0 radical (unpaired) electrons. The van der Waals surface area contributed by atoms with E-state index in [9.17, 15) is 9.59 Å². The van der Waals surface area contributed by atoms with Gasteiger partial charge in [-0.1, -0.05) is 0 Å². The number of Topliss-reactive ketones (excluding diaryl/α,β-unsaturated/α-hetero) is 1. The fourth-order valence-corrected chi connectivity index (χ4v) is 1.29. The Morgan fingerprint density at radius 3 is 1.88 bits per heavy atom. The molecule has 0 aliphatic heterocycles. The predicted octanol–water partition coefficient (Wildman–Crippen LogP) is 1.09. The molecule has 0 aliphatic carbocycles. The van der Waals surface area contributed by atoms with Crippen molar-refractivity contribution in [1.29, 1.82) is 0 Å². The van der Waals surface area contributed by atoms with Crippen LogP contribution in [0.1, 0.15) is 10.4 Å². The number of aldehydes is 1. The summed E-state index contributed by atoms with van der Waals surface area (Å²) in [5.41, 5.74) is 0.199. The molecule has 0 atom stereocenters. The molecule has 0 N–H and O–H groups in total. The Kier molecular flexibility index (Phi) is 3.88. The molecule has 0 fully saturated rings. The fourth-order valence-electron chi connectivity index (χ4n) is 1.29. The van der Waals surface area contributed by atoms with Gasteiger partial charge in [-0.25, -0.2) is 0 Å². The van der Waals surface area contributed by atoms with E-state index in [1.54, 1.807) is 0 Å². The van der Waals surface area contributed by atoms with Gasteiger partial charge >= 0.3 is 0 Å². The number of ketones is 1.